The highest BCUT2D eigenvalue weighted by molar-refractivity contribution is 7.85. The van der Waals surface area contributed by atoms with Crippen molar-refractivity contribution >= 4 is 10.8 Å². The topological polar surface area (TPSA) is 29.1 Å². The van der Waals surface area contributed by atoms with E-state index in [0.717, 1.165) is 12.2 Å². The Kier molecular flexibility index (Phi) is 6.58. The number of rotatable bonds is 7. The van der Waals surface area contributed by atoms with E-state index in [1.807, 2.05) is 19.2 Å². The first kappa shape index (κ1) is 15.4. The van der Waals surface area contributed by atoms with Crippen molar-refractivity contribution in [3.8, 4) is 0 Å². The lowest BCUT2D eigenvalue weighted by Gasteiger charge is -2.19. The molecule has 102 valence electrons. The van der Waals surface area contributed by atoms with Crippen LogP contribution < -0.4 is 5.32 Å². The lowest BCUT2D eigenvalue weighted by molar-refractivity contribution is 0.601. The van der Waals surface area contributed by atoms with Crippen LogP contribution in [-0.2, 0) is 10.8 Å². The van der Waals surface area contributed by atoms with E-state index >= 15 is 0 Å². The Morgan fingerprint density at radius 1 is 1.28 bits per heavy atom. The predicted molar refractivity (Wildman–Crippen MR) is 80.3 cm³/mol. The van der Waals surface area contributed by atoms with E-state index in [4.69, 9.17) is 0 Å². The molecule has 1 aromatic rings. The zero-order valence-corrected chi connectivity index (χ0v) is 12.7. The third-order valence-electron chi connectivity index (χ3n) is 3.43. The molecule has 0 bridgehead atoms. The average molecular weight is 267 g/mol. The maximum absolute atomic E-state index is 12.1. The first-order valence-electron chi connectivity index (χ1n) is 6.66. The van der Waals surface area contributed by atoms with Crippen molar-refractivity contribution in [3.05, 3.63) is 35.4 Å². The first-order valence-corrected chi connectivity index (χ1v) is 8.15. The van der Waals surface area contributed by atoms with Gasteiger partial charge in [-0.15, -0.1) is 0 Å². The van der Waals surface area contributed by atoms with Crippen molar-refractivity contribution in [1.29, 1.82) is 0 Å². The van der Waals surface area contributed by atoms with Gasteiger partial charge in [-0.05, 0) is 31.0 Å². The Morgan fingerprint density at radius 3 is 2.50 bits per heavy atom. The minimum Gasteiger partial charge on any atom is -0.312 e. The summed E-state index contributed by atoms with van der Waals surface area (Å²) in [4.78, 5) is 0. The SMILES string of the molecule is CCC(C)CS(=O)CC(NC)c1ccccc1C. The molecule has 0 saturated carbocycles. The minimum absolute atomic E-state index is 0.191. The Hall–Kier alpha value is -0.670. The molecular formula is C15H25NOS. The molecule has 0 aliphatic carbocycles. The second-order valence-electron chi connectivity index (χ2n) is 4.98. The van der Waals surface area contributed by atoms with E-state index < -0.39 is 10.8 Å². The molecule has 3 unspecified atom stereocenters. The van der Waals surface area contributed by atoms with Crippen LogP contribution in [0, 0.1) is 12.8 Å². The molecule has 0 saturated heterocycles. The Morgan fingerprint density at radius 2 is 1.94 bits per heavy atom. The molecule has 0 heterocycles. The summed E-state index contributed by atoms with van der Waals surface area (Å²) in [5.41, 5.74) is 2.52. The fraction of sp³-hybridized carbons (Fsp3) is 0.600. The quantitative estimate of drug-likeness (QED) is 0.822. The molecule has 0 radical (unpaired) electrons. The van der Waals surface area contributed by atoms with Crippen LogP contribution in [0.3, 0.4) is 0 Å². The zero-order chi connectivity index (χ0) is 13.5. The fourth-order valence-electron chi connectivity index (χ4n) is 2.00. The molecule has 1 N–H and O–H groups in total. The summed E-state index contributed by atoms with van der Waals surface area (Å²) in [5.74, 6) is 2.05. The lowest BCUT2D eigenvalue weighted by Crippen LogP contribution is -2.25. The highest BCUT2D eigenvalue weighted by Crippen LogP contribution is 2.18. The molecule has 0 spiro atoms. The smallest absolute Gasteiger partial charge is 0.0437 e. The van der Waals surface area contributed by atoms with Gasteiger partial charge in [0.05, 0.1) is 0 Å². The van der Waals surface area contributed by atoms with Gasteiger partial charge in [0.2, 0.25) is 0 Å². The van der Waals surface area contributed by atoms with Crippen LogP contribution >= 0.6 is 0 Å². The van der Waals surface area contributed by atoms with Crippen LogP contribution in [0.25, 0.3) is 0 Å². The standard InChI is InChI=1S/C15H25NOS/c1-5-12(2)10-18(17)11-15(16-4)14-9-7-6-8-13(14)3/h6-9,12,15-16H,5,10-11H2,1-4H3. The van der Waals surface area contributed by atoms with Crippen LogP contribution in [0.5, 0.6) is 0 Å². The monoisotopic (exact) mass is 267 g/mol. The molecule has 2 nitrogen and oxygen atoms in total. The van der Waals surface area contributed by atoms with Crippen LogP contribution in [0.15, 0.2) is 24.3 Å². The Bertz CT molecular complexity index is 392. The van der Waals surface area contributed by atoms with E-state index in [-0.39, 0.29) is 6.04 Å². The van der Waals surface area contributed by atoms with Gasteiger partial charge in [-0.25, -0.2) is 0 Å². The second-order valence-corrected chi connectivity index (χ2v) is 6.53. The van der Waals surface area contributed by atoms with E-state index in [2.05, 4.69) is 38.2 Å². The Balaban J connectivity index is 2.68. The maximum Gasteiger partial charge on any atom is 0.0437 e. The summed E-state index contributed by atoms with van der Waals surface area (Å²) >= 11 is 0. The molecule has 3 atom stereocenters. The number of hydrogen-bond donors (Lipinski definition) is 1. The molecule has 0 aliphatic heterocycles. The van der Waals surface area contributed by atoms with Crippen LogP contribution in [0.2, 0.25) is 0 Å². The molecule has 18 heavy (non-hydrogen) atoms. The minimum atomic E-state index is -0.751. The molecule has 0 fully saturated rings. The summed E-state index contributed by atoms with van der Waals surface area (Å²) in [5, 5.41) is 3.29. The number of benzene rings is 1. The highest BCUT2D eigenvalue weighted by atomic mass is 32.2. The lowest BCUT2D eigenvalue weighted by atomic mass is 10.0. The fourth-order valence-corrected chi connectivity index (χ4v) is 3.72. The van der Waals surface area contributed by atoms with Gasteiger partial charge in [0, 0.05) is 28.3 Å². The highest BCUT2D eigenvalue weighted by Gasteiger charge is 2.16. The van der Waals surface area contributed by atoms with Gasteiger partial charge in [-0.3, -0.25) is 4.21 Å². The summed E-state index contributed by atoms with van der Waals surface area (Å²) in [7, 11) is 1.19. The number of aryl methyl sites for hydroxylation is 1. The normalized spacial score (nSPS) is 16.2. The number of nitrogens with one attached hydrogen (secondary N) is 1. The number of hydrogen-bond acceptors (Lipinski definition) is 2. The molecule has 3 heteroatoms. The van der Waals surface area contributed by atoms with Crippen LogP contribution in [0.1, 0.15) is 37.4 Å². The second kappa shape index (κ2) is 7.70. The van der Waals surface area contributed by atoms with Gasteiger partial charge in [-0.1, -0.05) is 44.5 Å². The van der Waals surface area contributed by atoms with E-state index in [9.17, 15) is 4.21 Å². The predicted octanol–water partition coefficient (Wildman–Crippen LogP) is 3.05. The third kappa shape index (κ3) is 4.54. The van der Waals surface area contributed by atoms with Crippen molar-refractivity contribution < 1.29 is 4.21 Å². The molecule has 0 aromatic heterocycles. The van der Waals surface area contributed by atoms with Crippen molar-refractivity contribution in [3.63, 3.8) is 0 Å². The maximum atomic E-state index is 12.1. The summed E-state index contributed by atoms with van der Waals surface area (Å²) < 4.78 is 12.1. The summed E-state index contributed by atoms with van der Waals surface area (Å²) in [6.45, 7) is 6.43. The molecule has 1 aromatic carbocycles. The zero-order valence-electron chi connectivity index (χ0n) is 11.9. The Labute approximate surface area is 114 Å². The average Bonchev–Trinajstić information content (AvgIpc) is 2.36. The molecule has 0 amide bonds. The van der Waals surface area contributed by atoms with Crippen LogP contribution in [0.4, 0.5) is 0 Å². The van der Waals surface area contributed by atoms with Gasteiger partial charge < -0.3 is 5.32 Å². The molecular weight excluding hydrogens is 242 g/mol. The first-order chi connectivity index (χ1) is 8.58. The van der Waals surface area contributed by atoms with Gasteiger partial charge in [0.15, 0.2) is 0 Å². The van der Waals surface area contributed by atoms with Gasteiger partial charge in [0.25, 0.3) is 0 Å². The van der Waals surface area contributed by atoms with E-state index in [1.165, 1.54) is 11.1 Å². The van der Waals surface area contributed by atoms with Crippen molar-refractivity contribution in [2.24, 2.45) is 5.92 Å². The third-order valence-corrected chi connectivity index (χ3v) is 5.08. The van der Waals surface area contributed by atoms with E-state index in [0.29, 0.717) is 11.7 Å². The molecule has 0 aliphatic rings. The largest absolute Gasteiger partial charge is 0.312 e. The van der Waals surface area contributed by atoms with Gasteiger partial charge in [-0.2, -0.15) is 0 Å². The van der Waals surface area contributed by atoms with Gasteiger partial charge in [0.1, 0.15) is 0 Å². The van der Waals surface area contributed by atoms with E-state index in [1.54, 1.807) is 0 Å². The van der Waals surface area contributed by atoms with Gasteiger partial charge >= 0.3 is 0 Å². The van der Waals surface area contributed by atoms with Crippen molar-refractivity contribution in [1.82, 2.24) is 5.32 Å². The molecule has 1 rings (SSSR count). The summed E-state index contributed by atoms with van der Waals surface area (Å²) in [6.07, 6.45) is 1.10. The van der Waals surface area contributed by atoms with Crippen molar-refractivity contribution in [2.75, 3.05) is 18.6 Å². The van der Waals surface area contributed by atoms with Crippen molar-refractivity contribution in [2.45, 2.75) is 33.2 Å². The van der Waals surface area contributed by atoms with Crippen LogP contribution in [-0.4, -0.2) is 22.8 Å². The summed E-state index contributed by atoms with van der Waals surface area (Å²) in [6, 6.07) is 8.51.